The zero-order chi connectivity index (χ0) is 8.97. The summed E-state index contributed by atoms with van der Waals surface area (Å²) < 4.78 is 0. The molecule has 0 amide bonds. The molecule has 0 atom stereocenters. The molecule has 0 aromatic rings. The van der Waals surface area contributed by atoms with Crippen molar-refractivity contribution in [1.82, 2.24) is 9.80 Å². The third-order valence-electron chi connectivity index (χ3n) is 2.61. The molecule has 71 valence electrons. The predicted octanol–water partition coefficient (Wildman–Crippen LogP) is 1.24. The Morgan fingerprint density at radius 2 is 1.75 bits per heavy atom. The molecule has 0 unspecified atom stereocenters. The minimum Gasteiger partial charge on any atom is -0.301 e. The van der Waals surface area contributed by atoms with Crippen molar-refractivity contribution in [3.8, 4) is 0 Å². The van der Waals surface area contributed by atoms with Crippen LogP contribution in [0.25, 0.3) is 0 Å². The van der Waals surface area contributed by atoms with Gasteiger partial charge in [0.1, 0.15) is 0 Å². The van der Waals surface area contributed by atoms with Crippen LogP contribution in [0.5, 0.6) is 0 Å². The van der Waals surface area contributed by atoms with E-state index in [1.54, 1.807) is 0 Å². The highest BCUT2D eigenvalue weighted by Gasteiger charge is 2.17. The molecule has 1 rings (SSSR count). The van der Waals surface area contributed by atoms with Crippen LogP contribution >= 0.6 is 0 Å². The molecule has 1 aliphatic rings. The highest BCUT2D eigenvalue weighted by molar-refractivity contribution is 4.73. The van der Waals surface area contributed by atoms with Crippen LogP contribution in [-0.2, 0) is 0 Å². The summed E-state index contributed by atoms with van der Waals surface area (Å²) in [6.45, 7) is 14.5. The number of rotatable bonds is 3. The van der Waals surface area contributed by atoms with E-state index in [-0.39, 0.29) is 0 Å². The summed E-state index contributed by atoms with van der Waals surface area (Å²) in [4.78, 5) is 5.05. The molecule has 0 bridgehead atoms. The molecule has 2 nitrogen and oxygen atoms in total. The minimum absolute atomic E-state index is 0.715. The Hall–Kier alpha value is -0.0800. The lowest BCUT2D eigenvalue weighted by Gasteiger charge is -2.36. The van der Waals surface area contributed by atoms with E-state index in [4.69, 9.17) is 0 Å². The monoisotopic (exact) mass is 169 g/mol. The van der Waals surface area contributed by atoms with Gasteiger partial charge in [0, 0.05) is 32.2 Å². The van der Waals surface area contributed by atoms with Crippen LogP contribution in [0.3, 0.4) is 0 Å². The fraction of sp³-hybridized carbons (Fsp3) is 0.900. The summed E-state index contributed by atoms with van der Waals surface area (Å²) in [7, 11) is 0. The average Bonchev–Trinajstić information content (AvgIpc) is 2.06. The number of nitrogens with zero attached hydrogens (tertiary/aromatic N) is 2. The molecule has 0 aliphatic carbocycles. The van der Waals surface area contributed by atoms with E-state index in [1.807, 2.05) is 0 Å². The number of hydrogen-bond donors (Lipinski definition) is 0. The van der Waals surface area contributed by atoms with Gasteiger partial charge in [0.05, 0.1) is 0 Å². The maximum atomic E-state index is 3.88. The maximum absolute atomic E-state index is 3.88. The quantitative estimate of drug-likeness (QED) is 0.627. The summed E-state index contributed by atoms with van der Waals surface area (Å²) in [5.41, 5.74) is 0. The van der Waals surface area contributed by atoms with Gasteiger partial charge in [0.15, 0.2) is 0 Å². The molecule has 0 spiro atoms. The molecule has 1 radical (unpaired) electrons. The third-order valence-corrected chi connectivity index (χ3v) is 2.61. The second-order valence-corrected chi connectivity index (χ2v) is 3.82. The van der Waals surface area contributed by atoms with Gasteiger partial charge in [-0.1, -0.05) is 6.92 Å². The summed E-state index contributed by atoms with van der Waals surface area (Å²) >= 11 is 0. The molecule has 1 aliphatic heterocycles. The van der Waals surface area contributed by atoms with Crippen LogP contribution < -0.4 is 0 Å². The topological polar surface area (TPSA) is 6.48 Å². The Balaban J connectivity index is 2.20. The van der Waals surface area contributed by atoms with Crippen molar-refractivity contribution in [1.29, 1.82) is 0 Å². The van der Waals surface area contributed by atoms with Crippen LogP contribution in [0.2, 0.25) is 0 Å². The number of piperazine rings is 1. The minimum atomic E-state index is 0.715. The summed E-state index contributed by atoms with van der Waals surface area (Å²) in [5, 5.41) is 0. The maximum Gasteiger partial charge on any atom is 0.0113 e. The smallest absolute Gasteiger partial charge is 0.0113 e. The normalized spacial score (nSPS) is 22.0. The van der Waals surface area contributed by atoms with Gasteiger partial charge in [0.25, 0.3) is 0 Å². The molecule has 1 heterocycles. The Kier molecular flexibility index (Phi) is 4.02. The van der Waals surface area contributed by atoms with Crippen LogP contribution in [0, 0.1) is 6.92 Å². The van der Waals surface area contributed by atoms with E-state index in [0.717, 1.165) is 6.42 Å². The molecule has 1 fully saturated rings. The van der Waals surface area contributed by atoms with Crippen LogP contribution in [0.4, 0.5) is 0 Å². The van der Waals surface area contributed by atoms with E-state index in [1.165, 1.54) is 32.7 Å². The van der Waals surface area contributed by atoms with Crippen LogP contribution in [0.1, 0.15) is 20.3 Å². The molecular weight excluding hydrogens is 148 g/mol. The molecule has 12 heavy (non-hydrogen) atoms. The standard InChI is InChI=1S/C10H21N2/c1-4-5-11-6-8-12(9-7-11)10(2)3/h10H,1,4-9H2,2-3H3. The predicted molar refractivity (Wildman–Crippen MR) is 53.1 cm³/mol. The van der Waals surface area contributed by atoms with Gasteiger partial charge in [-0.2, -0.15) is 0 Å². The Morgan fingerprint density at radius 1 is 1.17 bits per heavy atom. The Labute approximate surface area is 76.5 Å². The van der Waals surface area contributed by atoms with Gasteiger partial charge >= 0.3 is 0 Å². The van der Waals surface area contributed by atoms with Crippen molar-refractivity contribution in [3.05, 3.63) is 6.92 Å². The van der Waals surface area contributed by atoms with Crippen molar-refractivity contribution < 1.29 is 0 Å². The summed E-state index contributed by atoms with van der Waals surface area (Å²) in [6.07, 6.45) is 1.04. The van der Waals surface area contributed by atoms with Crippen molar-refractivity contribution in [3.63, 3.8) is 0 Å². The lowest BCUT2D eigenvalue weighted by molar-refractivity contribution is 0.110. The van der Waals surface area contributed by atoms with Crippen molar-refractivity contribution in [2.45, 2.75) is 26.3 Å². The van der Waals surface area contributed by atoms with Gasteiger partial charge in [-0.3, -0.25) is 4.90 Å². The van der Waals surface area contributed by atoms with Gasteiger partial charge in [-0.05, 0) is 26.8 Å². The fourth-order valence-corrected chi connectivity index (χ4v) is 1.73. The molecule has 0 aromatic heterocycles. The molecule has 1 saturated heterocycles. The molecule has 0 N–H and O–H groups in total. The molecule has 0 saturated carbocycles. The first kappa shape index (κ1) is 10.0. The van der Waals surface area contributed by atoms with E-state index in [9.17, 15) is 0 Å². The van der Waals surface area contributed by atoms with Gasteiger partial charge in [0.2, 0.25) is 0 Å². The second-order valence-electron chi connectivity index (χ2n) is 3.82. The van der Waals surface area contributed by atoms with Crippen molar-refractivity contribution in [2.24, 2.45) is 0 Å². The first-order valence-electron chi connectivity index (χ1n) is 4.99. The Morgan fingerprint density at radius 3 is 2.17 bits per heavy atom. The Bertz CT molecular complexity index is 115. The first-order valence-corrected chi connectivity index (χ1v) is 4.99. The molecule has 0 aromatic carbocycles. The third kappa shape index (κ3) is 2.76. The van der Waals surface area contributed by atoms with Crippen molar-refractivity contribution in [2.75, 3.05) is 32.7 Å². The first-order chi connectivity index (χ1) is 5.74. The largest absolute Gasteiger partial charge is 0.301 e. The number of hydrogen-bond acceptors (Lipinski definition) is 2. The van der Waals surface area contributed by atoms with Gasteiger partial charge in [-0.15, -0.1) is 0 Å². The SMILES string of the molecule is [CH2]CCN1CCN(C(C)C)CC1. The van der Waals surface area contributed by atoms with E-state index < -0.39 is 0 Å². The second kappa shape index (κ2) is 4.83. The summed E-state index contributed by atoms with van der Waals surface area (Å²) in [6, 6.07) is 0.715. The van der Waals surface area contributed by atoms with Gasteiger partial charge in [-0.25, -0.2) is 0 Å². The zero-order valence-electron chi connectivity index (χ0n) is 8.42. The lowest BCUT2D eigenvalue weighted by atomic mass is 10.2. The van der Waals surface area contributed by atoms with Crippen LogP contribution in [-0.4, -0.2) is 48.6 Å². The molecular formula is C10H21N2. The fourth-order valence-electron chi connectivity index (χ4n) is 1.73. The average molecular weight is 169 g/mol. The summed E-state index contributed by atoms with van der Waals surface area (Å²) in [5.74, 6) is 0. The van der Waals surface area contributed by atoms with Gasteiger partial charge < -0.3 is 4.90 Å². The molecule has 2 heteroatoms. The highest BCUT2D eigenvalue weighted by atomic mass is 15.3. The van der Waals surface area contributed by atoms with Crippen molar-refractivity contribution >= 4 is 0 Å². The van der Waals surface area contributed by atoms with Crippen LogP contribution in [0.15, 0.2) is 0 Å². The van der Waals surface area contributed by atoms with E-state index in [2.05, 4.69) is 30.6 Å². The lowest BCUT2D eigenvalue weighted by Crippen LogP contribution is -2.48. The zero-order valence-corrected chi connectivity index (χ0v) is 8.42. The highest BCUT2D eigenvalue weighted by Crippen LogP contribution is 2.05. The van der Waals surface area contributed by atoms with E-state index >= 15 is 0 Å². The van der Waals surface area contributed by atoms with E-state index in [0.29, 0.717) is 6.04 Å².